The second kappa shape index (κ2) is 14.0. The van der Waals surface area contributed by atoms with Crippen LogP contribution in [0.15, 0.2) is 215 Å². The first-order valence-electron chi connectivity index (χ1n) is 21.1. The van der Waals surface area contributed by atoms with Crippen molar-refractivity contribution in [2.45, 2.75) is 0 Å². The summed E-state index contributed by atoms with van der Waals surface area (Å²) in [7, 11) is 0. The van der Waals surface area contributed by atoms with Crippen molar-refractivity contribution in [3.8, 4) is 62.1 Å². The van der Waals surface area contributed by atoms with Crippen molar-refractivity contribution >= 4 is 65.7 Å². The number of benzene rings is 9. The lowest BCUT2D eigenvalue weighted by Gasteiger charge is -2.11. The van der Waals surface area contributed by atoms with E-state index in [1.165, 1.54) is 27.4 Å². The molecule has 0 radical (unpaired) electrons. The average Bonchev–Trinajstić information content (AvgIpc) is 4.04. The molecule has 0 aliphatic rings. The second-order valence-electron chi connectivity index (χ2n) is 15.9. The first-order chi connectivity index (χ1) is 31.2. The van der Waals surface area contributed by atoms with Crippen LogP contribution in [0.1, 0.15) is 0 Å². The summed E-state index contributed by atoms with van der Waals surface area (Å²) >= 11 is 0. The maximum absolute atomic E-state index is 6.57. The summed E-state index contributed by atoms with van der Waals surface area (Å²) in [5.74, 6) is 1.72. The predicted octanol–water partition coefficient (Wildman–Crippen LogP) is 15.1. The summed E-state index contributed by atoms with van der Waals surface area (Å²) in [5, 5.41) is 6.33. The van der Waals surface area contributed by atoms with Gasteiger partial charge in [0.25, 0.3) is 0 Å². The van der Waals surface area contributed by atoms with Gasteiger partial charge in [0, 0.05) is 54.7 Å². The second-order valence-corrected chi connectivity index (χ2v) is 15.9. The molecule has 294 valence electrons. The predicted molar refractivity (Wildman–Crippen MR) is 256 cm³/mol. The number of para-hydroxylation sites is 2. The van der Waals surface area contributed by atoms with Crippen molar-refractivity contribution in [2.24, 2.45) is 0 Å². The summed E-state index contributed by atoms with van der Waals surface area (Å²) in [5.41, 5.74) is 13.8. The minimum absolute atomic E-state index is 0.563. The minimum Gasteiger partial charge on any atom is -0.456 e. The SMILES string of the molecule is c1ccc(-c2cccc(-n3c4ccccc4c4cc(-c5ccc6oc7cccc(-c8nc(-c9ccccc9)nc(-c9cccc%10oc%11ccccc%11c9%10)n8)c7c6c5)ccc43)c2)cc1. The highest BCUT2D eigenvalue weighted by Crippen LogP contribution is 2.42. The van der Waals surface area contributed by atoms with Gasteiger partial charge >= 0.3 is 0 Å². The summed E-state index contributed by atoms with van der Waals surface area (Å²) in [6.07, 6.45) is 0. The molecule has 0 saturated carbocycles. The highest BCUT2D eigenvalue weighted by molar-refractivity contribution is 6.15. The number of aromatic nitrogens is 4. The molecule has 6 nitrogen and oxygen atoms in total. The number of hydrogen-bond acceptors (Lipinski definition) is 5. The molecular weight excluding hydrogens is 773 g/mol. The molecule has 0 unspecified atom stereocenters. The third-order valence-corrected chi connectivity index (χ3v) is 12.3. The van der Waals surface area contributed by atoms with Gasteiger partial charge in [-0.25, -0.2) is 15.0 Å². The number of rotatable bonds is 6. The van der Waals surface area contributed by atoms with Crippen LogP contribution < -0.4 is 0 Å². The van der Waals surface area contributed by atoms with Gasteiger partial charge in [0.05, 0.1) is 11.0 Å². The van der Waals surface area contributed by atoms with Crippen LogP contribution in [-0.2, 0) is 0 Å². The topological polar surface area (TPSA) is 69.9 Å². The Morgan fingerprint density at radius 2 is 0.810 bits per heavy atom. The van der Waals surface area contributed by atoms with E-state index < -0.39 is 0 Å². The molecule has 4 aromatic heterocycles. The van der Waals surface area contributed by atoms with Gasteiger partial charge in [0.15, 0.2) is 17.5 Å². The van der Waals surface area contributed by atoms with Crippen molar-refractivity contribution in [3.63, 3.8) is 0 Å². The Kier molecular flexibility index (Phi) is 7.80. The molecule has 9 aromatic carbocycles. The van der Waals surface area contributed by atoms with E-state index in [9.17, 15) is 0 Å². The van der Waals surface area contributed by atoms with E-state index in [-0.39, 0.29) is 0 Å². The molecule has 0 fully saturated rings. The maximum atomic E-state index is 6.57. The monoisotopic (exact) mass is 806 g/mol. The number of hydrogen-bond donors (Lipinski definition) is 0. The summed E-state index contributed by atoms with van der Waals surface area (Å²) < 4.78 is 15.2. The molecule has 0 spiro atoms. The van der Waals surface area contributed by atoms with Crippen LogP contribution >= 0.6 is 0 Å². The van der Waals surface area contributed by atoms with Crippen LogP contribution in [0.25, 0.3) is 128 Å². The van der Waals surface area contributed by atoms with Gasteiger partial charge in [0.1, 0.15) is 22.3 Å². The van der Waals surface area contributed by atoms with E-state index >= 15 is 0 Å². The molecule has 0 N–H and O–H groups in total. The smallest absolute Gasteiger partial charge is 0.164 e. The van der Waals surface area contributed by atoms with Gasteiger partial charge < -0.3 is 13.4 Å². The molecule has 4 heterocycles. The molecule has 0 aliphatic heterocycles. The molecule has 0 bridgehead atoms. The molecular formula is C57H34N4O2. The van der Waals surface area contributed by atoms with E-state index in [1.54, 1.807) is 0 Å². The molecule has 0 amide bonds. The molecule has 6 heteroatoms. The van der Waals surface area contributed by atoms with Crippen molar-refractivity contribution in [2.75, 3.05) is 0 Å². The van der Waals surface area contributed by atoms with Gasteiger partial charge in [-0.2, -0.15) is 0 Å². The van der Waals surface area contributed by atoms with Crippen molar-refractivity contribution < 1.29 is 8.83 Å². The Hall–Kier alpha value is -8.61. The van der Waals surface area contributed by atoms with Crippen molar-refractivity contribution in [3.05, 3.63) is 206 Å². The zero-order chi connectivity index (χ0) is 41.4. The lowest BCUT2D eigenvalue weighted by molar-refractivity contribution is 0.668. The lowest BCUT2D eigenvalue weighted by Crippen LogP contribution is -2.00. The Morgan fingerprint density at radius 1 is 0.302 bits per heavy atom. The molecule has 0 atom stereocenters. The van der Waals surface area contributed by atoms with Gasteiger partial charge in [-0.15, -0.1) is 0 Å². The number of furan rings is 2. The Morgan fingerprint density at radius 3 is 1.56 bits per heavy atom. The van der Waals surface area contributed by atoms with E-state index in [4.69, 9.17) is 23.8 Å². The third kappa shape index (κ3) is 5.69. The van der Waals surface area contributed by atoms with Crippen LogP contribution in [0.5, 0.6) is 0 Å². The van der Waals surface area contributed by atoms with Crippen LogP contribution in [0.2, 0.25) is 0 Å². The van der Waals surface area contributed by atoms with Crippen LogP contribution in [0, 0.1) is 0 Å². The zero-order valence-corrected chi connectivity index (χ0v) is 33.7. The van der Waals surface area contributed by atoms with E-state index in [0.717, 1.165) is 82.9 Å². The van der Waals surface area contributed by atoms with Gasteiger partial charge in [0.2, 0.25) is 0 Å². The van der Waals surface area contributed by atoms with E-state index in [1.807, 2.05) is 72.8 Å². The quantitative estimate of drug-likeness (QED) is 0.167. The van der Waals surface area contributed by atoms with E-state index in [2.05, 4.69) is 138 Å². The molecule has 63 heavy (non-hydrogen) atoms. The summed E-state index contributed by atoms with van der Waals surface area (Å²) in [6.45, 7) is 0. The van der Waals surface area contributed by atoms with Crippen LogP contribution in [-0.4, -0.2) is 19.5 Å². The molecule has 13 aromatic rings. The van der Waals surface area contributed by atoms with Crippen molar-refractivity contribution in [1.82, 2.24) is 19.5 Å². The largest absolute Gasteiger partial charge is 0.456 e. The fourth-order valence-corrected chi connectivity index (χ4v) is 9.37. The summed E-state index contributed by atoms with van der Waals surface area (Å²) in [6, 6.07) is 71.7. The Balaban J connectivity index is 0.978. The Labute approximate surface area is 361 Å². The number of fused-ring (bicyclic) bond motifs is 9. The van der Waals surface area contributed by atoms with Gasteiger partial charge in [-0.3, -0.25) is 0 Å². The standard InChI is InChI=1S/C57H34N4O2/c1-3-14-35(15-4-1)37-18-11-19-40(32-37)61-47-24-9-7-20-41(47)45-33-38(28-30-48(45)61)39-29-31-50-46(34-39)54-44(23-13-27-52(54)63-50)57-59-55(36-16-5-2-6-17-36)58-56(60-57)43-22-12-26-51-53(43)42-21-8-10-25-49(42)62-51/h1-34H. The summed E-state index contributed by atoms with van der Waals surface area (Å²) in [4.78, 5) is 15.5. The van der Waals surface area contributed by atoms with E-state index in [0.29, 0.717) is 17.5 Å². The van der Waals surface area contributed by atoms with Crippen LogP contribution in [0.3, 0.4) is 0 Å². The first kappa shape index (κ1) is 35.2. The Bertz CT molecular complexity index is 3920. The first-order valence-corrected chi connectivity index (χ1v) is 21.1. The van der Waals surface area contributed by atoms with Crippen molar-refractivity contribution in [1.29, 1.82) is 0 Å². The normalized spacial score (nSPS) is 11.8. The van der Waals surface area contributed by atoms with Gasteiger partial charge in [-0.1, -0.05) is 146 Å². The third-order valence-electron chi connectivity index (χ3n) is 12.3. The highest BCUT2D eigenvalue weighted by Gasteiger charge is 2.21. The molecule has 13 rings (SSSR count). The fraction of sp³-hybridized carbons (Fsp3) is 0. The minimum atomic E-state index is 0.563. The zero-order valence-electron chi connectivity index (χ0n) is 33.7. The lowest BCUT2D eigenvalue weighted by atomic mass is 9.99. The maximum Gasteiger partial charge on any atom is 0.164 e. The molecule has 0 saturated heterocycles. The van der Waals surface area contributed by atoms with Crippen LogP contribution in [0.4, 0.5) is 0 Å². The fourth-order valence-electron chi connectivity index (χ4n) is 9.37. The number of nitrogens with zero attached hydrogens (tertiary/aromatic N) is 4. The highest BCUT2D eigenvalue weighted by atomic mass is 16.3. The molecule has 0 aliphatic carbocycles. The van der Waals surface area contributed by atoms with Gasteiger partial charge in [-0.05, 0) is 82.9 Å². The average molecular weight is 807 g/mol.